The Balaban J connectivity index is 1.11. The number of anilines is 1. The molecule has 0 bridgehead atoms. The van der Waals surface area contributed by atoms with Crippen LogP contribution in [-0.4, -0.2) is 36.3 Å². The molecule has 6 rings (SSSR count). The van der Waals surface area contributed by atoms with Crippen LogP contribution < -0.4 is 9.64 Å². The topological polar surface area (TPSA) is 47.5 Å². The van der Waals surface area contributed by atoms with E-state index in [-0.39, 0.29) is 5.41 Å². The second-order valence-electron chi connectivity index (χ2n) is 9.79. The van der Waals surface area contributed by atoms with Crippen LogP contribution in [0.2, 0.25) is 0 Å². The van der Waals surface area contributed by atoms with E-state index in [2.05, 4.69) is 65.3 Å². The molecule has 5 heteroatoms. The van der Waals surface area contributed by atoms with Crippen molar-refractivity contribution in [3.05, 3.63) is 83.3 Å². The number of rotatable bonds is 6. The summed E-state index contributed by atoms with van der Waals surface area (Å²) < 4.78 is 11.4. The third kappa shape index (κ3) is 3.36. The fourth-order valence-electron chi connectivity index (χ4n) is 5.30. The maximum atomic E-state index is 6.03. The number of nitrogens with zero attached hydrogens (tertiary/aromatic N) is 3. The molecule has 0 radical (unpaired) electrons. The lowest BCUT2D eigenvalue weighted by Gasteiger charge is -2.55. The Morgan fingerprint density at radius 3 is 2.22 bits per heavy atom. The molecule has 2 saturated heterocycles. The van der Waals surface area contributed by atoms with E-state index in [0.717, 1.165) is 37.9 Å². The highest BCUT2D eigenvalue weighted by molar-refractivity contribution is 5.45. The van der Waals surface area contributed by atoms with E-state index in [9.17, 15) is 0 Å². The van der Waals surface area contributed by atoms with Crippen LogP contribution in [0.4, 0.5) is 5.82 Å². The number of aromatic nitrogens is 2. The van der Waals surface area contributed by atoms with Crippen LogP contribution in [0.25, 0.3) is 0 Å². The average Bonchev–Trinajstić information content (AvgIpc) is 2.72. The van der Waals surface area contributed by atoms with Crippen LogP contribution >= 0.6 is 0 Å². The molecule has 0 atom stereocenters. The van der Waals surface area contributed by atoms with Crippen molar-refractivity contribution in [2.45, 2.75) is 38.2 Å². The summed E-state index contributed by atoms with van der Waals surface area (Å²) in [4.78, 5) is 11.4. The van der Waals surface area contributed by atoms with E-state index in [0.29, 0.717) is 17.8 Å². The molecule has 32 heavy (non-hydrogen) atoms. The van der Waals surface area contributed by atoms with E-state index in [1.807, 2.05) is 12.3 Å². The molecule has 0 N–H and O–H groups in total. The molecule has 1 spiro atoms. The second kappa shape index (κ2) is 7.59. The fourth-order valence-corrected chi connectivity index (χ4v) is 5.30. The highest BCUT2D eigenvalue weighted by Crippen LogP contribution is 2.49. The molecule has 164 valence electrons. The zero-order chi connectivity index (χ0) is 21.6. The smallest absolute Gasteiger partial charge is 0.168 e. The van der Waals surface area contributed by atoms with E-state index < -0.39 is 0 Å². The summed E-state index contributed by atoms with van der Waals surface area (Å²) in [5.41, 5.74) is 4.65. The maximum Gasteiger partial charge on any atom is 0.168 e. The van der Waals surface area contributed by atoms with Gasteiger partial charge in [-0.25, -0.2) is 9.97 Å². The molecule has 1 saturated carbocycles. The fraction of sp³-hybridized carbons (Fsp3) is 0.407. The molecule has 3 fully saturated rings. The van der Waals surface area contributed by atoms with E-state index in [1.165, 1.54) is 36.0 Å². The molecule has 1 aromatic heterocycles. The van der Waals surface area contributed by atoms with Gasteiger partial charge in [0.2, 0.25) is 0 Å². The summed E-state index contributed by atoms with van der Waals surface area (Å²) in [7, 11) is 0. The molecular formula is C27H29N3O2. The standard InChI is InChI=1S/C27H29N3O2/c1-20-3-5-21(6-4-20)27(12-2-13-27)22-7-9-23(10-8-22)32-15-24-28-14-11-25(29-24)30-16-26(17-30)18-31-19-26/h3-11,14H,2,12-13,15-19H2,1H3. The predicted molar refractivity (Wildman–Crippen MR) is 124 cm³/mol. The van der Waals surface area contributed by atoms with Crippen molar-refractivity contribution in [2.24, 2.45) is 5.41 Å². The molecule has 1 aliphatic carbocycles. The summed E-state index contributed by atoms with van der Waals surface area (Å²) in [6.07, 6.45) is 5.53. The lowest BCUT2D eigenvalue weighted by Crippen LogP contribution is -2.66. The van der Waals surface area contributed by atoms with Crippen molar-refractivity contribution in [3.63, 3.8) is 0 Å². The Hall–Kier alpha value is -2.92. The molecule has 5 nitrogen and oxygen atoms in total. The zero-order valence-corrected chi connectivity index (χ0v) is 18.6. The summed E-state index contributed by atoms with van der Waals surface area (Å²) in [5.74, 6) is 2.56. The number of hydrogen-bond acceptors (Lipinski definition) is 5. The Bertz CT molecular complexity index is 1090. The van der Waals surface area contributed by atoms with Gasteiger partial charge in [0.25, 0.3) is 0 Å². The largest absolute Gasteiger partial charge is 0.486 e. The van der Waals surface area contributed by atoms with Gasteiger partial charge in [-0.05, 0) is 49.1 Å². The number of aryl methyl sites for hydroxylation is 1. The van der Waals surface area contributed by atoms with Crippen molar-refractivity contribution in [1.29, 1.82) is 0 Å². The van der Waals surface area contributed by atoms with E-state index in [1.54, 1.807) is 0 Å². The number of benzene rings is 2. The Morgan fingerprint density at radius 2 is 1.62 bits per heavy atom. The van der Waals surface area contributed by atoms with Crippen LogP contribution in [0.1, 0.15) is 41.8 Å². The lowest BCUT2D eigenvalue weighted by atomic mass is 9.60. The molecule has 0 amide bonds. The Kier molecular flexibility index (Phi) is 4.68. The van der Waals surface area contributed by atoms with Crippen LogP contribution in [0.3, 0.4) is 0 Å². The molecule has 2 aromatic carbocycles. The van der Waals surface area contributed by atoms with Crippen molar-refractivity contribution < 1.29 is 9.47 Å². The zero-order valence-electron chi connectivity index (χ0n) is 18.6. The van der Waals surface area contributed by atoms with Crippen molar-refractivity contribution in [1.82, 2.24) is 9.97 Å². The van der Waals surface area contributed by atoms with Gasteiger partial charge in [-0.1, -0.05) is 48.4 Å². The first kappa shape index (κ1) is 19.7. The van der Waals surface area contributed by atoms with Crippen molar-refractivity contribution >= 4 is 5.82 Å². The first-order valence-electron chi connectivity index (χ1n) is 11.6. The van der Waals surface area contributed by atoms with Crippen molar-refractivity contribution in [3.8, 4) is 5.75 Å². The number of hydrogen-bond donors (Lipinski definition) is 0. The van der Waals surface area contributed by atoms with Crippen LogP contribution in [0, 0.1) is 12.3 Å². The summed E-state index contributed by atoms with van der Waals surface area (Å²) in [6, 6.07) is 19.6. The first-order valence-corrected chi connectivity index (χ1v) is 11.6. The van der Waals surface area contributed by atoms with Gasteiger partial charge in [-0.15, -0.1) is 0 Å². The minimum atomic E-state index is 0.156. The van der Waals surface area contributed by atoms with Crippen LogP contribution in [-0.2, 0) is 16.8 Å². The average molecular weight is 428 g/mol. The molecule has 0 unspecified atom stereocenters. The van der Waals surface area contributed by atoms with Gasteiger partial charge in [-0.3, -0.25) is 0 Å². The molecule has 3 aliphatic rings. The highest BCUT2D eigenvalue weighted by Gasteiger charge is 2.49. The summed E-state index contributed by atoms with van der Waals surface area (Å²) in [6.45, 7) is 6.32. The lowest BCUT2D eigenvalue weighted by molar-refractivity contribution is -0.127. The van der Waals surface area contributed by atoms with Gasteiger partial charge in [-0.2, -0.15) is 0 Å². The van der Waals surface area contributed by atoms with Gasteiger partial charge in [0.1, 0.15) is 18.2 Å². The van der Waals surface area contributed by atoms with Crippen LogP contribution in [0.5, 0.6) is 5.75 Å². The number of ether oxygens (including phenoxy) is 2. The Morgan fingerprint density at radius 1 is 0.938 bits per heavy atom. The predicted octanol–water partition coefficient (Wildman–Crippen LogP) is 4.67. The monoisotopic (exact) mass is 427 g/mol. The summed E-state index contributed by atoms with van der Waals surface area (Å²) in [5, 5.41) is 0. The molecular weight excluding hydrogens is 398 g/mol. The third-order valence-corrected chi connectivity index (χ3v) is 7.47. The minimum Gasteiger partial charge on any atom is -0.486 e. The molecule has 3 heterocycles. The van der Waals surface area contributed by atoms with Gasteiger partial charge in [0.15, 0.2) is 5.82 Å². The van der Waals surface area contributed by atoms with Crippen molar-refractivity contribution in [2.75, 3.05) is 31.2 Å². The Labute approximate surface area is 189 Å². The first-order chi connectivity index (χ1) is 15.6. The van der Waals surface area contributed by atoms with E-state index in [4.69, 9.17) is 14.5 Å². The molecule has 2 aliphatic heterocycles. The van der Waals surface area contributed by atoms with Crippen LogP contribution in [0.15, 0.2) is 60.8 Å². The normalized spacial score (nSPS) is 20.2. The highest BCUT2D eigenvalue weighted by atomic mass is 16.5. The SMILES string of the molecule is Cc1ccc(C2(c3ccc(OCc4nccc(N5CC6(COC6)C5)n4)cc3)CCC2)cc1. The quantitative estimate of drug-likeness (QED) is 0.572. The second-order valence-corrected chi connectivity index (χ2v) is 9.79. The third-order valence-electron chi connectivity index (χ3n) is 7.47. The molecule has 3 aromatic rings. The summed E-state index contributed by atoms with van der Waals surface area (Å²) >= 11 is 0. The van der Waals surface area contributed by atoms with E-state index >= 15 is 0 Å². The maximum absolute atomic E-state index is 6.03. The van der Waals surface area contributed by atoms with Gasteiger partial charge in [0, 0.05) is 24.7 Å². The van der Waals surface area contributed by atoms with Gasteiger partial charge in [0.05, 0.1) is 18.6 Å². The van der Waals surface area contributed by atoms with Gasteiger partial charge >= 0.3 is 0 Å². The van der Waals surface area contributed by atoms with Gasteiger partial charge < -0.3 is 14.4 Å². The minimum absolute atomic E-state index is 0.156.